The lowest BCUT2D eigenvalue weighted by Gasteiger charge is -2.04. The van der Waals surface area contributed by atoms with Crippen molar-refractivity contribution in [3.63, 3.8) is 0 Å². The molecule has 1 aromatic carbocycles. The van der Waals surface area contributed by atoms with Crippen molar-refractivity contribution < 1.29 is 9.13 Å². The van der Waals surface area contributed by atoms with Crippen molar-refractivity contribution in [2.75, 3.05) is 19.0 Å². The van der Waals surface area contributed by atoms with E-state index in [2.05, 4.69) is 0 Å². The fraction of sp³-hybridized carbons (Fsp3) is 0.400. The number of halogens is 1. The summed E-state index contributed by atoms with van der Waals surface area (Å²) < 4.78 is 17.0. The molecule has 0 unspecified atom stereocenters. The Morgan fingerprint density at radius 3 is 2.46 bits per heavy atom. The third-order valence-corrected chi connectivity index (χ3v) is 1.68. The second-order valence-corrected chi connectivity index (χ2v) is 2.81. The van der Waals surface area contributed by atoms with Gasteiger partial charge in [-0.05, 0) is 37.1 Å². The third kappa shape index (κ3) is 3.78. The van der Waals surface area contributed by atoms with E-state index in [0.29, 0.717) is 13.0 Å². The van der Waals surface area contributed by atoms with Crippen LogP contribution in [0.1, 0.15) is 12.8 Å². The molecule has 0 bridgehead atoms. The van der Waals surface area contributed by atoms with Gasteiger partial charge in [-0.25, -0.2) is 0 Å². The summed E-state index contributed by atoms with van der Waals surface area (Å²) >= 11 is 0. The highest BCUT2D eigenvalue weighted by Crippen LogP contribution is 2.13. The zero-order valence-corrected chi connectivity index (χ0v) is 7.50. The molecule has 2 nitrogen and oxygen atoms in total. The number of alkyl halides is 1. The van der Waals surface area contributed by atoms with Crippen molar-refractivity contribution in [1.82, 2.24) is 0 Å². The molecule has 0 saturated heterocycles. The van der Waals surface area contributed by atoms with Gasteiger partial charge in [0, 0.05) is 5.69 Å². The smallest absolute Gasteiger partial charge is 0.119 e. The molecule has 3 heteroatoms. The van der Waals surface area contributed by atoms with Gasteiger partial charge < -0.3 is 10.5 Å². The van der Waals surface area contributed by atoms with Crippen LogP contribution in [-0.2, 0) is 0 Å². The third-order valence-electron chi connectivity index (χ3n) is 1.68. The lowest BCUT2D eigenvalue weighted by Crippen LogP contribution is -1.97. The number of hydrogen-bond acceptors (Lipinski definition) is 2. The summed E-state index contributed by atoms with van der Waals surface area (Å²) in [5.74, 6) is 0.785. The van der Waals surface area contributed by atoms with Gasteiger partial charge in [0.2, 0.25) is 0 Å². The Morgan fingerprint density at radius 1 is 1.15 bits per heavy atom. The SMILES string of the molecule is Nc1ccc(OCCCCF)cc1. The predicted octanol–water partition coefficient (Wildman–Crippen LogP) is 2.40. The van der Waals surface area contributed by atoms with E-state index in [4.69, 9.17) is 10.5 Å². The number of rotatable bonds is 5. The quantitative estimate of drug-likeness (QED) is 0.562. The van der Waals surface area contributed by atoms with Crippen LogP contribution in [0, 0.1) is 0 Å². The van der Waals surface area contributed by atoms with E-state index >= 15 is 0 Å². The van der Waals surface area contributed by atoms with Crippen LogP contribution in [-0.4, -0.2) is 13.3 Å². The molecule has 0 amide bonds. The molecule has 0 atom stereocenters. The maximum absolute atomic E-state index is 11.7. The van der Waals surface area contributed by atoms with E-state index < -0.39 is 0 Å². The number of ether oxygens (including phenoxy) is 1. The van der Waals surface area contributed by atoms with E-state index in [1.807, 2.05) is 12.1 Å². The highest BCUT2D eigenvalue weighted by molar-refractivity contribution is 5.41. The van der Waals surface area contributed by atoms with Crippen LogP contribution in [0.4, 0.5) is 10.1 Å². The maximum Gasteiger partial charge on any atom is 0.119 e. The number of unbranched alkanes of at least 4 members (excludes halogenated alkanes) is 1. The van der Waals surface area contributed by atoms with E-state index in [1.54, 1.807) is 12.1 Å². The molecule has 72 valence electrons. The predicted molar refractivity (Wildman–Crippen MR) is 51.6 cm³/mol. The largest absolute Gasteiger partial charge is 0.494 e. The van der Waals surface area contributed by atoms with E-state index in [0.717, 1.165) is 17.9 Å². The molecule has 0 saturated carbocycles. The Morgan fingerprint density at radius 2 is 1.85 bits per heavy atom. The second-order valence-electron chi connectivity index (χ2n) is 2.81. The Labute approximate surface area is 77.5 Å². The zero-order chi connectivity index (χ0) is 9.52. The number of nitrogens with two attached hydrogens (primary N) is 1. The normalized spacial score (nSPS) is 9.92. The van der Waals surface area contributed by atoms with Crippen LogP contribution in [0.25, 0.3) is 0 Å². The first-order chi connectivity index (χ1) is 6.33. The monoisotopic (exact) mass is 183 g/mol. The molecule has 0 radical (unpaired) electrons. The lowest BCUT2D eigenvalue weighted by atomic mass is 10.3. The molecule has 0 spiro atoms. The van der Waals surface area contributed by atoms with Gasteiger partial charge in [-0.2, -0.15) is 0 Å². The molecule has 0 fully saturated rings. The van der Waals surface area contributed by atoms with Crippen LogP contribution in [0.15, 0.2) is 24.3 Å². The molecule has 0 aromatic heterocycles. The van der Waals surface area contributed by atoms with Crippen molar-refractivity contribution in [2.24, 2.45) is 0 Å². The molecule has 1 rings (SSSR count). The molecular weight excluding hydrogens is 169 g/mol. The average Bonchev–Trinajstić information content (AvgIpc) is 2.15. The minimum atomic E-state index is -0.273. The lowest BCUT2D eigenvalue weighted by molar-refractivity contribution is 0.297. The summed E-state index contributed by atoms with van der Waals surface area (Å²) in [6.45, 7) is 0.291. The Kier molecular flexibility index (Phi) is 4.09. The van der Waals surface area contributed by atoms with Crippen LogP contribution in [0.3, 0.4) is 0 Å². The Balaban J connectivity index is 2.25. The minimum absolute atomic E-state index is 0.273. The van der Waals surface area contributed by atoms with Gasteiger partial charge in [-0.3, -0.25) is 4.39 Å². The van der Waals surface area contributed by atoms with Crippen molar-refractivity contribution in [1.29, 1.82) is 0 Å². The number of anilines is 1. The van der Waals surface area contributed by atoms with Crippen LogP contribution in [0.5, 0.6) is 5.75 Å². The molecule has 0 aliphatic rings. The summed E-state index contributed by atoms with van der Waals surface area (Å²) in [5.41, 5.74) is 6.22. The van der Waals surface area contributed by atoms with Gasteiger partial charge in [0.15, 0.2) is 0 Å². The second kappa shape index (κ2) is 5.41. The fourth-order valence-electron chi connectivity index (χ4n) is 0.951. The molecule has 0 aliphatic carbocycles. The maximum atomic E-state index is 11.7. The molecule has 0 aliphatic heterocycles. The first kappa shape index (κ1) is 9.84. The number of benzene rings is 1. The van der Waals surface area contributed by atoms with Crippen LogP contribution >= 0.6 is 0 Å². The van der Waals surface area contributed by atoms with Crippen LogP contribution < -0.4 is 10.5 Å². The standard InChI is InChI=1S/C10H14FNO/c11-7-1-2-8-13-10-5-3-9(12)4-6-10/h3-6H,1-2,7-8,12H2. The summed E-state index contributed by atoms with van der Waals surface area (Å²) in [5, 5.41) is 0. The number of nitrogen functional groups attached to an aromatic ring is 1. The summed E-state index contributed by atoms with van der Waals surface area (Å²) in [7, 11) is 0. The minimum Gasteiger partial charge on any atom is -0.494 e. The van der Waals surface area contributed by atoms with Crippen molar-refractivity contribution in [3.05, 3.63) is 24.3 Å². The van der Waals surface area contributed by atoms with Crippen molar-refractivity contribution in [2.45, 2.75) is 12.8 Å². The summed E-state index contributed by atoms with van der Waals surface area (Å²) in [6, 6.07) is 7.19. The average molecular weight is 183 g/mol. The highest BCUT2D eigenvalue weighted by atomic mass is 19.1. The van der Waals surface area contributed by atoms with E-state index in [9.17, 15) is 4.39 Å². The molecule has 2 N–H and O–H groups in total. The topological polar surface area (TPSA) is 35.2 Å². The van der Waals surface area contributed by atoms with Gasteiger partial charge in [0.05, 0.1) is 13.3 Å². The van der Waals surface area contributed by atoms with Gasteiger partial charge in [-0.1, -0.05) is 0 Å². The molecule has 0 heterocycles. The van der Waals surface area contributed by atoms with Crippen molar-refractivity contribution >= 4 is 5.69 Å². The molecular formula is C10H14FNO. The van der Waals surface area contributed by atoms with E-state index in [-0.39, 0.29) is 6.67 Å². The highest BCUT2D eigenvalue weighted by Gasteiger charge is 1.92. The molecule has 1 aromatic rings. The van der Waals surface area contributed by atoms with E-state index in [1.165, 1.54) is 0 Å². The summed E-state index contributed by atoms with van der Waals surface area (Å²) in [6.07, 6.45) is 1.32. The van der Waals surface area contributed by atoms with Gasteiger partial charge >= 0.3 is 0 Å². The Hall–Kier alpha value is -1.25. The number of hydrogen-bond donors (Lipinski definition) is 1. The first-order valence-electron chi connectivity index (χ1n) is 4.37. The van der Waals surface area contributed by atoms with Gasteiger partial charge in [0.1, 0.15) is 5.75 Å². The molecule has 13 heavy (non-hydrogen) atoms. The summed E-state index contributed by atoms with van der Waals surface area (Å²) in [4.78, 5) is 0. The Bertz CT molecular complexity index is 235. The van der Waals surface area contributed by atoms with Gasteiger partial charge in [-0.15, -0.1) is 0 Å². The van der Waals surface area contributed by atoms with Gasteiger partial charge in [0.25, 0.3) is 0 Å². The fourth-order valence-corrected chi connectivity index (χ4v) is 0.951. The zero-order valence-electron chi connectivity index (χ0n) is 7.50. The first-order valence-corrected chi connectivity index (χ1v) is 4.37. The van der Waals surface area contributed by atoms with Crippen molar-refractivity contribution in [3.8, 4) is 5.75 Å². The van der Waals surface area contributed by atoms with Crippen LogP contribution in [0.2, 0.25) is 0 Å².